The first-order valence-electron chi connectivity index (χ1n) is 10.8. The van der Waals surface area contributed by atoms with Crippen molar-refractivity contribution in [2.24, 2.45) is 4.99 Å². The van der Waals surface area contributed by atoms with Gasteiger partial charge in [0.2, 0.25) is 5.91 Å². The minimum atomic E-state index is 0.258. The number of amides is 1. The van der Waals surface area contributed by atoms with Gasteiger partial charge in [-0.2, -0.15) is 0 Å². The number of benzene rings is 2. The molecule has 160 valence electrons. The number of para-hydroxylation sites is 1. The smallest absolute Gasteiger partial charge is 0.222 e. The fourth-order valence-corrected chi connectivity index (χ4v) is 3.42. The maximum absolute atomic E-state index is 11.9. The largest absolute Gasteiger partial charge is 0.494 e. The second kappa shape index (κ2) is 11.9. The molecule has 2 aromatic rings. The number of likely N-dealkylation sites (tertiary alicyclic amines) is 1. The highest BCUT2D eigenvalue weighted by atomic mass is 16.5. The first kappa shape index (κ1) is 21.7. The summed E-state index contributed by atoms with van der Waals surface area (Å²) in [6.07, 6.45) is 2.54. The Labute approximate surface area is 179 Å². The highest BCUT2D eigenvalue weighted by Gasteiger charge is 2.19. The molecule has 1 aliphatic heterocycles. The molecule has 0 atom stereocenters. The van der Waals surface area contributed by atoms with E-state index in [1.165, 1.54) is 0 Å². The molecule has 1 fully saturated rings. The first-order valence-corrected chi connectivity index (χ1v) is 10.8. The third-order valence-electron chi connectivity index (χ3n) is 4.93. The molecule has 6 nitrogen and oxygen atoms in total. The van der Waals surface area contributed by atoms with Crippen molar-refractivity contribution >= 4 is 11.9 Å². The number of hydrogen-bond acceptors (Lipinski definition) is 3. The third-order valence-corrected chi connectivity index (χ3v) is 4.93. The second-order valence-corrected chi connectivity index (χ2v) is 7.38. The highest BCUT2D eigenvalue weighted by Crippen LogP contribution is 2.15. The molecule has 0 saturated carbocycles. The Balaban J connectivity index is 1.45. The summed E-state index contributed by atoms with van der Waals surface area (Å²) >= 11 is 0. The molecule has 1 heterocycles. The number of hydrogen-bond donors (Lipinski definition) is 2. The normalized spacial score (nSPS) is 14.1. The first-order chi connectivity index (χ1) is 14.7. The van der Waals surface area contributed by atoms with E-state index in [9.17, 15) is 4.79 Å². The third kappa shape index (κ3) is 7.10. The summed E-state index contributed by atoms with van der Waals surface area (Å²) in [6.45, 7) is 6.47. The van der Waals surface area contributed by atoms with Crippen molar-refractivity contribution in [3.05, 3.63) is 65.7 Å². The Hall–Kier alpha value is -3.02. The zero-order valence-corrected chi connectivity index (χ0v) is 17.8. The summed E-state index contributed by atoms with van der Waals surface area (Å²) < 4.78 is 5.72. The van der Waals surface area contributed by atoms with Crippen LogP contribution in [0.2, 0.25) is 0 Å². The molecule has 30 heavy (non-hydrogen) atoms. The van der Waals surface area contributed by atoms with Gasteiger partial charge in [0.15, 0.2) is 5.96 Å². The zero-order valence-electron chi connectivity index (χ0n) is 17.8. The van der Waals surface area contributed by atoms with E-state index in [2.05, 4.69) is 35.8 Å². The van der Waals surface area contributed by atoms with Crippen LogP contribution < -0.4 is 15.4 Å². The molecule has 6 heteroatoms. The summed E-state index contributed by atoms with van der Waals surface area (Å²) in [7, 11) is 0. The summed E-state index contributed by atoms with van der Waals surface area (Å²) in [6, 6.07) is 18.2. The Morgan fingerprint density at radius 3 is 2.70 bits per heavy atom. The maximum Gasteiger partial charge on any atom is 0.222 e. The molecule has 2 N–H and O–H groups in total. The quantitative estimate of drug-likeness (QED) is 0.360. The van der Waals surface area contributed by atoms with E-state index in [-0.39, 0.29) is 5.91 Å². The van der Waals surface area contributed by atoms with E-state index < -0.39 is 0 Å². The number of rotatable bonds is 10. The van der Waals surface area contributed by atoms with Crippen LogP contribution in [0.3, 0.4) is 0 Å². The molecule has 3 rings (SSSR count). The Kier molecular flexibility index (Phi) is 8.57. The van der Waals surface area contributed by atoms with Crippen molar-refractivity contribution in [1.82, 2.24) is 15.5 Å². The molecule has 1 amide bonds. The van der Waals surface area contributed by atoms with Crippen molar-refractivity contribution in [2.45, 2.75) is 39.3 Å². The van der Waals surface area contributed by atoms with Gasteiger partial charge in [-0.3, -0.25) is 4.79 Å². The van der Waals surface area contributed by atoms with Crippen LogP contribution >= 0.6 is 0 Å². The van der Waals surface area contributed by atoms with Crippen LogP contribution in [0.25, 0.3) is 0 Å². The average Bonchev–Trinajstić information content (AvgIpc) is 3.17. The van der Waals surface area contributed by atoms with Gasteiger partial charge < -0.3 is 20.3 Å². The van der Waals surface area contributed by atoms with Crippen molar-refractivity contribution < 1.29 is 9.53 Å². The van der Waals surface area contributed by atoms with Gasteiger partial charge in [-0.1, -0.05) is 42.5 Å². The molecule has 0 aromatic heterocycles. The van der Waals surface area contributed by atoms with Crippen LogP contribution in [-0.4, -0.2) is 43.0 Å². The van der Waals surface area contributed by atoms with Crippen LogP contribution in [0.15, 0.2) is 59.6 Å². The van der Waals surface area contributed by atoms with Crippen molar-refractivity contribution in [2.75, 3.05) is 26.2 Å². The minimum Gasteiger partial charge on any atom is -0.494 e. The maximum atomic E-state index is 11.9. The molecule has 0 aliphatic carbocycles. The number of nitrogens with zero attached hydrogens (tertiary/aromatic N) is 2. The number of aliphatic imine (C=N–C) groups is 1. The van der Waals surface area contributed by atoms with E-state index in [1.807, 2.05) is 41.3 Å². The van der Waals surface area contributed by atoms with Crippen LogP contribution in [0, 0.1) is 0 Å². The fourth-order valence-electron chi connectivity index (χ4n) is 3.42. The monoisotopic (exact) mass is 408 g/mol. The predicted octanol–water partition coefficient (Wildman–Crippen LogP) is 3.33. The lowest BCUT2D eigenvalue weighted by Gasteiger charge is -2.16. The summed E-state index contributed by atoms with van der Waals surface area (Å²) in [5, 5.41) is 6.65. The molecular weight excluding hydrogens is 376 g/mol. The van der Waals surface area contributed by atoms with E-state index in [0.717, 1.165) is 55.3 Å². The highest BCUT2D eigenvalue weighted by molar-refractivity contribution is 5.79. The number of carbonyl (C=O) groups excluding carboxylic acids is 1. The number of guanidine groups is 1. The topological polar surface area (TPSA) is 66.0 Å². The SMILES string of the molecule is CCNC(=NCc1cccc(CN2CCCC2=O)c1)NCCCOc1ccccc1. The average molecular weight is 409 g/mol. The summed E-state index contributed by atoms with van der Waals surface area (Å²) in [4.78, 5) is 18.5. The number of ether oxygens (including phenoxy) is 1. The molecule has 1 aliphatic rings. The van der Waals surface area contributed by atoms with Crippen molar-refractivity contribution in [1.29, 1.82) is 0 Å². The predicted molar refractivity (Wildman–Crippen MR) is 120 cm³/mol. The van der Waals surface area contributed by atoms with Gasteiger partial charge in [0.25, 0.3) is 0 Å². The van der Waals surface area contributed by atoms with Gasteiger partial charge in [-0.25, -0.2) is 4.99 Å². The van der Waals surface area contributed by atoms with E-state index in [4.69, 9.17) is 9.73 Å². The van der Waals surface area contributed by atoms with E-state index in [0.29, 0.717) is 26.1 Å². The summed E-state index contributed by atoms with van der Waals surface area (Å²) in [5.41, 5.74) is 2.30. The summed E-state index contributed by atoms with van der Waals surface area (Å²) in [5.74, 6) is 1.96. The van der Waals surface area contributed by atoms with Gasteiger partial charge >= 0.3 is 0 Å². The molecule has 0 spiro atoms. The number of carbonyl (C=O) groups is 1. The standard InChI is InChI=1S/C24H32N4O2/c1-2-25-24(26-14-8-16-30-22-11-4-3-5-12-22)27-18-20-9-6-10-21(17-20)19-28-15-7-13-23(28)29/h3-6,9-12,17H,2,7-8,13-16,18-19H2,1H3,(H2,25,26,27). The molecule has 0 unspecified atom stereocenters. The Morgan fingerprint density at radius 2 is 1.93 bits per heavy atom. The van der Waals surface area contributed by atoms with Gasteiger partial charge in [-0.05, 0) is 43.0 Å². The lowest BCUT2D eigenvalue weighted by atomic mass is 10.1. The van der Waals surface area contributed by atoms with Crippen molar-refractivity contribution in [3.8, 4) is 5.75 Å². The van der Waals surface area contributed by atoms with Gasteiger partial charge in [0, 0.05) is 32.6 Å². The molecule has 2 aromatic carbocycles. The van der Waals surface area contributed by atoms with Crippen LogP contribution in [-0.2, 0) is 17.9 Å². The van der Waals surface area contributed by atoms with Crippen LogP contribution in [0.1, 0.15) is 37.3 Å². The second-order valence-electron chi connectivity index (χ2n) is 7.38. The molecule has 1 saturated heterocycles. The Bertz CT molecular complexity index is 823. The van der Waals surface area contributed by atoms with Gasteiger partial charge in [0.1, 0.15) is 5.75 Å². The van der Waals surface area contributed by atoms with Crippen molar-refractivity contribution in [3.63, 3.8) is 0 Å². The minimum absolute atomic E-state index is 0.258. The molecular formula is C24H32N4O2. The Morgan fingerprint density at radius 1 is 1.10 bits per heavy atom. The number of nitrogens with one attached hydrogen (secondary N) is 2. The molecule has 0 radical (unpaired) electrons. The molecule has 0 bridgehead atoms. The van der Waals surface area contributed by atoms with Crippen LogP contribution in [0.4, 0.5) is 0 Å². The van der Waals surface area contributed by atoms with Gasteiger partial charge in [-0.15, -0.1) is 0 Å². The lowest BCUT2D eigenvalue weighted by Crippen LogP contribution is -2.38. The lowest BCUT2D eigenvalue weighted by molar-refractivity contribution is -0.128. The zero-order chi connectivity index (χ0) is 21.0. The van der Waals surface area contributed by atoms with E-state index in [1.54, 1.807) is 0 Å². The van der Waals surface area contributed by atoms with Gasteiger partial charge in [0.05, 0.1) is 13.2 Å². The fraction of sp³-hybridized carbons (Fsp3) is 0.417. The van der Waals surface area contributed by atoms with E-state index >= 15 is 0 Å². The van der Waals surface area contributed by atoms with Crippen LogP contribution in [0.5, 0.6) is 5.75 Å².